The molecule has 2 rings (SSSR count). The van der Waals surface area contributed by atoms with Crippen molar-refractivity contribution >= 4 is 0 Å². The summed E-state index contributed by atoms with van der Waals surface area (Å²) in [6.45, 7) is 10.5. The summed E-state index contributed by atoms with van der Waals surface area (Å²) in [5, 5.41) is 7.40. The lowest BCUT2D eigenvalue weighted by atomic mass is 9.97. The molecule has 0 bridgehead atoms. The van der Waals surface area contributed by atoms with Crippen molar-refractivity contribution in [2.45, 2.75) is 46.2 Å². The molecule has 18 heavy (non-hydrogen) atoms. The second kappa shape index (κ2) is 6.29. The Kier molecular flexibility index (Phi) is 4.72. The molecular formula is C13H24N4O. The molecule has 0 amide bonds. The Morgan fingerprint density at radius 3 is 2.67 bits per heavy atom. The van der Waals surface area contributed by atoms with Crippen LogP contribution in [0.5, 0.6) is 0 Å². The molecular weight excluding hydrogens is 228 g/mol. The molecule has 0 aliphatic carbocycles. The molecule has 1 aromatic heterocycles. The minimum Gasteiger partial charge on any atom is -0.340 e. The molecule has 0 aromatic carbocycles. The van der Waals surface area contributed by atoms with Crippen LogP contribution >= 0.6 is 0 Å². The molecule has 1 saturated heterocycles. The normalized spacial score (nSPS) is 17.8. The molecule has 1 N–H and O–H groups in total. The zero-order valence-corrected chi connectivity index (χ0v) is 11.6. The summed E-state index contributed by atoms with van der Waals surface area (Å²) in [5.41, 5.74) is 0. The van der Waals surface area contributed by atoms with E-state index in [9.17, 15) is 0 Å². The number of nitrogens with one attached hydrogen (secondary N) is 1. The Morgan fingerprint density at radius 1 is 1.39 bits per heavy atom. The van der Waals surface area contributed by atoms with Gasteiger partial charge in [0, 0.05) is 19.5 Å². The largest absolute Gasteiger partial charge is 0.340 e. The maximum atomic E-state index is 5.04. The van der Waals surface area contributed by atoms with Crippen molar-refractivity contribution in [2.75, 3.05) is 19.6 Å². The summed E-state index contributed by atoms with van der Waals surface area (Å²) >= 11 is 0. The predicted molar refractivity (Wildman–Crippen MR) is 70.2 cm³/mol. The monoisotopic (exact) mass is 252 g/mol. The molecule has 102 valence electrons. The van der Waals surface area contributed by atoms with E-state index < -0.39 is 0 Å². The Morgan fingerprint density at radius 2 is 2.11 bits per heavy atom. The van der Waals surface area contributed by atoms with Crippen LogP contribution in [-0.4, -0.2) is 40.7 Å². The maximum Gasteiger partial charge on any atom is 0.223 e. The Balaban J connectivity index is 1.90. The fourth-order valence-corrected chi connectivity index (χ4v) is 2.44. The number of hydrogen-bond acceptors (Lipinski definition) is 5. The van der Waals surface area contributed by atoms with Gasteiger partial charge >= 0.3 is 0 Å². The first-order chi connectivity index (χ1) is 8.65. The van der Waals surface area contributed by atoms with E-state index in [0.29, 0.717) is 11.9 Å². The van der Waals surface area contributed by atoms with Crippen LogP contribution in [0.2, 0.25) is 0 Å². The van der Waals surface area contributed by atoms with Crippen molar-refractivity contribution in [3.05, 3.63) is 11.7 Å². The van der Waals surface area contributed by atoms with Crippen molar-refractivity contribution in [2.24, 2.45) is 5.92 Å². The van der Waals surface area contributed by atoms with E-state index in [2.05, 4.69) is 34.2 Å². The zero-order chi connectivity index (χ0) is 13.0. The van der Waals surface area contributed by atoms with E-state index in [1.54, 1.807) is 0 Å². The molecule has 5 heteroatoms. The average Bonchev–Trinajstić information content (AvgIpc) is 2.75. The van der Waals surface area contributed by atoms with Crippen LogP contribution in [0.15, 0.2) is 4.52 Å². The van der Waals surface area contributed by atoms with Gasteiger partial charge in [0.2, 0.25) is 5.89 Å². The van der Waals surface area contributed by atoms with Gasteiger partial charge in [-0.2, -0.15) is 4.98 Å². The Hall–Kier alpha value is -0.940. The van der Waals surface area contributed by atoms with Crippen molar-refractivity contribution in [1.82, 2.24) is 20.4 Å². The van der Waals surface area contributed by atoms with E-state index in [0.717, 1.165) is 37.9 Å². The number of aryl methyl sites for hydroxylation is 1. The highest BCUT2D eigenvalue weighted by Gasteiger charge is 2.20. The van der Waals surface area contributed by atoms with Gasteiger partial charge in [0.25, 0.3) is 0 Å². The van der Waals surface area contributed by atoms with Crippen LogP contribution < -0.4 is 5.32 Å². The first-order valence-corrected chi connectivity index (χ1v) is 6.89. The third-order valence-electron chi connectivity index (χ3n) is 3.60. The van der Waals surface area contributed by atoms with E-state index in [1.165, 1.54) is 12.8 Å². The van der Waals surface area contributed by atoms with E-state index in [1.807, 2.05) is 6.92 Å². The van der Waals surface area contributed by atoms with E-state index in [-0.39, 0.29) is 0 Å². The minimum atomic E-state index is 0.513. The number of nitrogens with zero attached hydrogens (tertiary/aromatic N) is 3. The molecule has 0 unspecified atom stereocenters. The first-order valence-electron chi connectivity index (χ1n) is 6.89. The molecule has 1 aliphatic rings. The van der Waals surface area contributed by atoms with Gasteiger partial charge < -0.3 is 9.84 Å². The summed E-state index contributed by atoms with van der Waals surface area (Å²) in [4.78, 5) is 6.74. The van der Waals surface area contributed by atoms with Crippen LogP contribution in [0.3, 0.4) is 0 Å². The van der Waals surface area contributed by atoms with Crippen LogP contribution in [0.1, 0.15) is 38.4 Å². The standard InChI is InChI=1S/C13H24N4O/c1-10(2)17(8-12-4-6-14-7-5-12)9-13-15-11(3)18-16-13/h10,12,14H,4-9H2,1-3H3. The van der Waals surface area contributed by atoms with Crippen molar-refractivity contribution in [3.8, 4) is 0 Å². The van der Waals surface area contributed by atoms with Gasteiger partial charge in [-0.15, -0.1) is 0 Å². The topological polar surface area (TPSA) is 54.2 Å². The van der Waals surface area contributed by atoms with Gasteiger partial charge in [0.05, 0.1) is 6.54 Å². The summed E-state index contributed by atoms with van der Waals surface area (Å²) in [5.74, 6) is 2.24. The molecule has 1 aliphatic heterocycles. The highest BCUT2D eigenvalue weighted by Crippen LogP contribution is 2.16. The van der Waals surface area contributed by atoms with Gasteiger partial charge in [-0.05, 0) is 45.7 Å². The number of rotatable bonds is 5. The average molecular weight is 252 g/mol. The molecule has 1 fully saturated rings. The summed E-state index contributed by atoms with van der Waals surface area (Å²) < 4.78 is 5.04. The fraction of sp³-hybridized carbons (Fsp3) is 0.846. The Bertz CT molecular complexity index is 358. The Labute approximate surface area is 109 Å². The summed E-state index contributed by atoms with van der Waals surface area (Å²) in [6, 6.07) is 0.513. The third-order valence-corrected chi connectivity index (χ3v) is 3.60. The van der Waals surface area contributed by atoms with Gasteiger partial charge in [0.1, 0.15) is 0 Å². The number of aromatic nitrogens is 2. The lowest BCUT2D eigenvalue weighted by Crippen LogP contribution is -2.39. The van der Waals surface area contributed by atoms with Crippen LogP contribution in [0.25, 0.3) is 0 Å². The maximum absolute atomic E-state index is 5.04. The number of piperidine rings is 1. The van der Waals surface area contributed by atoms with Gasteiger partial charge in [-0.1, -0.05) is 5.16 Å². The summed E-state index contributed by atoms with van der Waals surface area (Å²) in [7, 11) is 0. The first kappa shape index (κ1) is 13.5. The summed E-state index contributed by atoms with van der Waals surface area (Å²) in [6.07, 6.45) is 2.54. The fourth-order valence-electron chi connectivity index (χ4n) is 2.44. The minimum absolute atomic E-state index is 0.513. The molecule has 0 atom stereocenters. The quantitative estimate of drug-likeness (QED) is 0.862. The molecule has 0 radical (unpaired) electrons. The molecule has 1 aromatic rings. The zero-order valence-electron chi connectivity index (χ0n) is 11.6. The number of hydrogen-bond donors (Lipinski definition) is 1. The van der Waals surface area contributed by atoms with Crippen molar-refractivity contribution in [3.63, 3.8) is 0 Å². The SMILES string of the molecule is Cc1nc(CN(CC2CCNCC2)C(C)C)no1. The lowest BCUT2D eigenvalue weighted by Gasteiger charge is -2.31. The molecule has 0 spiro atoms. The molecule has 0 saturated carbocycles. The van der Waals surface area contributed by atoms with Crippen LogP contribution in [0.4, 0.5) is 0 Å². The van der Waals surface area contributed by atoms with Gasteiger partial charge in [0.15, 0.2) is 5.82 Å². The van der Waals surface area contributed by atoms with Gasteiger partial charge in [-0.3, -0.25) is 4.90 Å². The second-order valence-corrected chi connectivity index (χ2v) is 5.45. The van der Waals surface area contributed by atoms with Gasteiger partial charge in [-0.25, -0.2) is 0 Å². The highest BCUT2D eigenvalue weighted by molar-refractivity contribution is 4.85. The molecule has 5 nitrogen and oxygen atoms in total. The third kappa shape index (κ3) is 3.78. The highest BCUT2D eigenvalue weighted by atomic mass is 16.5. The van der Waals surface area contributed by atoms with E-state index >= 15 is 0 Å². The molecule has 2 heterocycles. The van der Waals surface area contributed by atoms with Crippen molar-refractivity contribution in [1.29, 1.82) is 0 Å². The van der Waals surface area contributed by atoms with E-state index in [4.69, 9.17) is 4.52 Å². The van der Waals surface area contributed by atoms with Crippen LogP contribution in [-0.2, 0) is 6.54 Å². The lowest BCUT2D eigenvalue weighted by molar-refractivity contribution is 0.156. The predicted octanol–water partition coefficient (Wildman–Crippen LogP) is 1.59. The van der Waals surface area contributed by atoms with Crippen LogP contribution in [0, 0.1) is 12.8 Å². The second-order valence-electron chi connectivity index (χ2n) is 5.45. The smallest absolute Gasteiger partial charge is 0.223 e. The van der Waals surface area contributed by atoms with Crippen molar-refractivity contribution < 1.29 is 4.52 Å².